The number of alkyl halides is 2. The van der Waals surface area contributed by atoms with Crippen molar-refractivity contribution in [3.63, 3.8) is 0 Å². The Bertz CT molecular complexity index is 393. The van der Waals surface area contributed by atoms with E-state index in [1.165, 1.54) is 11.3 Å². The van der Waals surface area contributed by atoms with Crippen LogP contribution in [0, 0.1) is 0 Å². The minimum atomic E-state index is -0.589. The minimum absolute atomic E-state index is 0.183. The molecule has 0 aromatic carbocycles. The van der Waals surface area contributed by atoms with Gasteiger partial charge >= 0.3 is 0 Å². The molecule has 0 aliphatic carbocycles. The van der Waals surface area contributed by atoms with Crippen molar-refractivity contribution in [3.8, 4) is 0 Å². The van der Waals surface area contributed by atoms with E-state index in [0.717, 1.165) is 7.57 Å². The summed E-state index contributed by atoms with van der Waals surface area (Å²) in [6.07, 6.45) is 0. The first-order valence-electron chi connectivity index (χ1n) is 4.31. The summed E-state index contributed by atoms with van der Waals surface area (Å²) in [4.78, 5) is 11.9. The van der Waals surface area contributed by atoms with Crippen LogP contribution in [0.5, 0.6) is 0 Å². The van der Waals surface area contributed by atoms with Crippen LogP contribution in [0.15, 0.2) is 13.6 Å². The Morgan fingerprint density at radius 1 is 1.50 bits per heavy atom. The van der Waals surface area contributed by atoms with Crippen molar-refractivity contribution in [3.05, 3.63) is 19.2 Å². The van der Waals surface area contributed by atoms with Gasteiger partial charge in [0.2, 0.25) is 0 Å². The molecule has 0 spiro atoms. The van der Waals surface area contributed by atoms with Crippen LogP contribution in [0.25, 0.3) is 0 Å². The number of amides is 1. The Kier molecular flexibility index (Phi) is 5.58. The lowest BCUT2D eigenvalue weighted by Gasteiger charge is -2.25. The fourth-order valence-corrected chi connectivity index (χ4v) is 4.15. The maximum Gasteiger partial charge on any atom is 0.253 e. The molecule has 90 valence electrons. The second kappa shape index (κ2) is 6.05. The number of hydrogen-bond acceptors (Lipinski definition) is 2. The normalized spacial score (nSPS) is 11.6. The molecule has 0 aliphatic heterocycles. The lowest BCUT2D eigenvalue weighted by atomic mass is 10.1. The number of carbonyl (C=O) groups excluding carboxylic acids is 1. The Morgan fingerprint density at radius 3 is 2.44 bits per heavy atom. The third kappa shape index (κ3) is 3.60. The molecule has 1 rings (SSSR count). The van der Waals surface area contributed by atoms with Gasteiger partial charge in [-0.2, -0.15) is 0 Å². The highest BCUT2D eigenvalue weighted by atomic mass is 79.9. The summed E-state index contributed by atoms with van der Waals surface area (Å²) in [5.74, 6) is 0.355. The van der Waals surface area contributed by atoms with Gasteiger partial charge in [0.25, 0.3) is 5.91 Å². The first-order valence-corrected chi connectivity index (χ1v) is 7.78. The zero-order valence-electron chi connectivity index (χ0n) is 8.32. The lowest BCUT2D eigenvalue weighted by molar-refractivity contribution is 0.0921. The monoisotopic (exact) mass is 407 g/mol. The molecule has 1 heterocycles. The van der Waals surface area contributed by atoms with E-state index in [9.17, 15) is 4.79 Å². The van der Waals surface area contributed by atoms with Gasteiger partial charge in [0.15, 0.2) is 0 Å². The molecule has 1 aromatic rings. The lowest BCUT2D eigenvalue weighted by Crippen LogP contribution is -2.49. The van der Waals surface area contributed by atoms with Gasteiger partial charge < -0.3 is 5.32 Å². The van der Waals surface area contributed by atoms with Gasteiger partial charge in [-0.25, -0.2) is 0 Å². The zero-order valence-corrected chi connectivity index (χ0v) is 13.8. The van der Waals surface area contributed by atoms with E-state index in [-0.39, 0.29) is 17.7 Å². The molecule has 0 saturated heterocycles. The molecule has 0 aliphatic rings. The summed E-state index contributed by atoms with van der Waals surface area (Å²) < 4.78 is 1.67. The third-order valence-electron chi connectivity index (χ3n) is 1.91. The average Bonchev–Trinajstić information content (AvgIpc) is 2.57. The summed E-state index contributed by atoms with van der Waals surface area (Å²) in [7, 11) is 0. The number of thiophene rings is 1. The van der Waals surface area contributed by atoms with Crippen LogP contribution in [-0.2, 0) is 0 Å². The Balaban J connectivity index is 2.84. The highest BCUT2D eigenvalue weighted by Crippen LogP contribution is 2.32. The van der Waals surface area contributed by atoms with Crippen molar-refractivity contribution < 1.29 is 4.79 Å². The van der Waals surface area contributed by atoms with E-state index >= 15 is 0 Å². The Morgan fingerprint density at radius 2 is 2.06 bits per heavy atom. The maximum atomic E-state index is 11.9. The second-order valence-electron chi connectivity index (χ2n) is 3.52. The number of hydrogen-bond donors (Lipinski definition) is 1. The van der Waals surface area contributed by atoms with Gasteiger partial charge in [-0.05, 0) is 44.8 Å². The molecule has 0 atom stereocenters. The molecule has 0 bridgehead atoms. The summed E-state index contributed by atoms with van der Waals surface area (Å²) in [6, 6.07) is 1.76. The van der Waals surface area contributed by atoms with Gasteiger partial charge in [-0.15, -0.1) is 34.5 Å². The maximum absolute atomic E-state index is 11.9. The van der Waals surface area contributed by atoms with Crippen LogP contribution in [0.3, 0.4) is 0 Å². The number of nitrogens with one attached hydrogen (secondary N) is 1. The predicted octanol–water partition coefficient (Wildman–Crippen LogP) is 4.24. The largest absolute Gasteiger partial charge is 0.344 e. The molecule has 0 fully saturated rings. The topological polar surface area (TPSA) is 29.1 Å². The van der Waals surface area contributed by atoms with Crippen molar-refractivity contribution in [2.75, 3.05) is 11.8 Å². The summed E-state index contributed by atoms with van der Waals surface area (Å²) >= 11 is 19.6. The first-order chi connectivity index (χ1) is 7.41. The van der Waals surface area contributed by atoms with Crippen molar-refractivity contribution in [2.45, 2.75) is 12.5 Å². The van der Waals surface area contributed by atoms with E-state index in [1.807, 2.05) is 0 Å². The van der Waals surface area contributed by atoms with Crippen molar-refractivity contribution in [1.82, 2.24) is 5.32 Å². The molecular weight excluding hydrogens is 401 g/mol. The first kappa shape index (κ1) is 14.8. The second-order valence-corrected chi connectivity index (χ2v) is 7.80. The summed E-state index contributed by atoms with van der Waals surface area (Å²) in [5, 5.41) is 2.82. The Labute approximate surface area is 125 Å². The molecule has 1 N–H and O–H groups in total. The van der Waals surface area contributed by atoms with E-state index in [0.29, 0.717) is 5.56 Å². The van der Waals surface area contributed by atoms with Gasteiger partial charge in [0.05, 0.1) is 18.7 Å². The van der Waals surface area contributed by atoms with Crippen LogP contribution >= 0.6 is 66.4 Å². The SMILES string of the molecule is CC(CCl)(CCl)NC(=O)c1cc(Br)sc1Br. The molecule has 1 aromatic heterocycles. The number of rotatable bonds is 4. The van der Waals surface area contributed by atoms with Crippen molar-refractivity contribution >= 4 is 72.3 Å². The molecular formula is C9H9Br2Cl2NOS. The summed E-state index contributed by atoms with van der Waals surface area (Å²) in [5.41, 5.74) is -0.00745. The molecule has 7 heteroatoms. The van der Waals surface area contributed by atoms with Gasteiger partial charge in [0.1, 0.15) is 0 Å². The fraction of sp³-hybridized carbons (Fsp3) is 0.444. The average molecular weight is 410 g/mol. The molecule has 2 nitrogen and oxygen atoms in total. The van der Waals surface area contributed by atoms with E-state index < -0.39 is 5.54 Å². The van der Waals surface area contributed by atoms with E-state index in [4.69, 9.17) is 23.2 Å². The van der Waals surface area contributed by atoms with Gasteiger partial charge in [-0.1, -0.05) is 0 Å². The van der Waals surface area contributed by atoms with Crippen LogP contribution in [-0.4, -0.2) is 23.2 Å². The minimum Gasteiger partial charge on any atom is -0.344 e. The number of carbonyl (C=O) groups is 1. The zero-order chi connectivity index (χ0) is 12.3. The van der Waals surface area contributed by atoms with Gasteiger partial charge in [0, 0.05) is 11.8 Å². The van der Waals surface area contributed by atoms with E-state index in [2.05, 4.69) is 37.2 Å². The third-order valence-corrected chi connectivity index (χ3v) is 5.43. The fourth-order valence-electron chi connectivity index (χ4n) is 0.939. The van der Waals surface area contributed by atoms with Gasteiger partial charge in [-0.3, -0.25) is 4.79 Å². The van der Waals surface area contributed by atoms with Crippen LogP contribution < -0.4 is 5.32 Å². The van der Waals surface area contributed by atoms with Crippen molar-refractivity contribution in [1.29, 1.82) is 0 Å². The molecule has 1 amide bonds. The highest BCUT2D eigenvalue weighted by Gasteiger charge is 2.26. The van der Waals surface area contributed by atoms with Crippen LogP contribution in [0.2, 0.25) is 0 Å². The number of halogens is 4. The quantitative estimate of drug-likeness (QED) is 0.740. The van der Waals surface area contributed by atoms with Crippen LogP contribution in [0.1, 0.15) is 17.3 Å². The standard InChI is InChI=1S/C9H9Br2Cl2NOS/c1-9(3-12,4-13)14-8(15)5-2-6(10)16-7(5)11/h2H,3-4H2,1H3,(H,14,15). The summed E-state index contributed by atoms with van der Waals surface area (Å²) in [6.45, 7) is 1.81. The highest BCUT2D eigenvalue weighted by molar-refractivity contribution is 9.12. The van der Waals surface area contributed by atoms with Crippen molar-refractivity contribution in [2.24, 2.45) is 0 Å². The predicted molar refractivity (Wildman–Crippen MR) is 77.0 cm³/mol. The molecule has 16 heavy (non-hydrogen) atoms. The molecule has 0 radical (unpaired) electrons. The smallest absolute Gasteiger partial charge is 0.253 e. The Hall–Kier alpha value is 0.710. The van der Waals surface area contributed by atoms with E-state index in [1.54, 1.807) is 13.0 Å². The molecule has 0 unspecified atom stereocenters. The molecule has 0 saturated carbocycles. The van der Waals surface area contributed by atoms with Crippen LogP contribution in [0.4, 0.5) is 0 Å².